The first-order chi connectivity index (χ1) is 14.7. The molecule has 2 amide bonds. The van der Waals surface area contributed by atoms with E-state index in [-0.39, 0.29) is 23.8 Å². The summed E-state index contributed by atoms with van der Waals surface area (Å²) >= 11 is 0. The lowest BCUT2D eigenvalue weighted by Crippen LogP contribution is -2.63. The Balaban J connectivity index is 1.66. The second-order valence-corrected chi connectivity index (χ2v) is 9.15. The molecule has 3 aliphatic rings. The molecule has 0 aromatic heterocycles. The zero-order valence-electron chi connectivity index (χ0n) is 17.5. The molecule has 2 aliphatic carbocycles. The van der Waals surface area contributed by atoms with Crippen molar-refractivity contribution in [2.75, 3.05) is 4.90 Å². The van der Waals surface area contributed by atoms with Crippen molar-refractivity contribution in [1.29, 1.82) is 0 Å². The van der Waals surface area contributed by atoms with Gasteiger partial charge in [-0.1, -0.05) is 68.5 Å². The van der Waals surface area contributed by atoms with Gasteiger partial charge >= 0.3 is 0 Å². The van der Waals surface area contributed by atoms with Gasteiger partial charge in [0.25, 0.3) is 5.91 Å². The van der Waals surface area contributed by atoms with Gasteiger partial charge in [0.2, 0.25) is 5.91 Å². The second kappa shape index (κ2) is 7.90. The molecule has 0 bridgehead atoms. The smallest absolute Gasteiger partial charge is 0.259 e. The van der Waals surface area contributed by atoms with E-state index >= 15 is 0 Å². The zero-order chi connectivity index (χ0) is 20.6. The van der Waals surface area contributed by atoms with Crippen LogP contribution in [0.4, 0.5) is 5.69 Å². The normalized spacial score (nSPS) is 23.4. The number of para-hydroxylation sites is 1. The van der Waals surface area contributed by atoms with Crippen LogP contribution in [0.15, 0.2) is 54.6 Å². The Kier molecular flexibility index (Phi) is 5.10. The largest absolute Gasteiger partial charge is 0.353 e. The zero-order valence-corrected chi connectivity index (χ0v) is 17.5. The molecule has 1 aliphatic heterocycles. The van der Waals surface area contributed by atoms with Crippen LogP contribution in [-0.2, 0) is 4.79 Å². The average molecular weight is 403 g/mol. The van der Waals surface area contributed by atoms with E-state index in [4.69, 9.17) is 0 Å². The minimum atomic E-state index is -0.492. The Morgan fingerprint density at radius 2 is 1.53 bits per heavy atom. The summed E-state index contributed by atoms with van der Waals surface area (Å²) in [5, 5.41) is 3.37. The number of amides is 2. The summed E-state index contributed by atoms with van der Waals surface area (Å²) in [6.07, 6.45) is 9.49. The van der Waals surface area contributed by atoms with Gasteiger partial charge in [-0.15, -0.1) is 0 Å². The van der Waals surface area contributed by atoms with Crippen LogP contribution in [0.3, 0.4) is 0 Å². The number of fused-ring (bicyclic) bond motifs is 1. The molecule has 0 radical (unpaired) electrons. The summed E-state index contributed by atoms with van der Waals surface area (Å²) in [4.78, 5) is 29.6. The maximum Gasteiger partial charge on any atom is 0.259 e. The number of carbonyl (C=O) groups is 2. The highest BCUT2D eigenvalue weighted by Crippen LogP contribution is 2.50. The first kappa shape index (κ1) is 19.3. The Hall–Kier alpha value is -2.62. The lowest BCUT2D eigenvalue weighted by atomic mass is 9.65. The number of anilines is 1. The molecule has 5 rings (SSSR count). The van der Waals surface area contributed by atoms with E-state index in [1.165, 1.54) is 12.8 Å². The van der Waals surface area contributed by atoms with Gasteiger partial charge in [-0.2, -0.15) is 0 Å². The maximum atomic E-state index is 13.8. The van der Waals surface area contributed by atoms with Gasteiger partial charge < -0.3 is 10.2 Å². The molecule has 0 saturated heterocycles. The highest BCUT2D eigenvalue weighted by Gasteiger charge is 2.55. The number of nitrogens with zero attached hydrogens (tertiary/aromatic N) is 1. The van der Waals surface area contributed by atoms with Crippen molar-refractivity contribution in [2.45, 2.75) is 75.3 Å². The van der Waals surface area contributed by atoms with E-state index in [0.717, 1.165) is 56.2 Å². The van der Waals surface area contributed by atoms with Crippen molar-refractivity contribution >= 4 is 17.5 Å². The molecule has 1 spiro atoms. The molecule has 156 valence electrons. The van der Waals surface area contributed by atoms with E-state index in [2.05, 4.69) is 5.32 Å². The van der Waals surface area contributed by atoms with Crippen molar-refractivity contribution in [1.82, 2.24) is 5.32 Å². The summed E-state index contributed by atoms with van der Waals surface area (Å²) in [6.45, 7) is 0. The topological polar surface area (TPSA) is 49.4 Å². The standard InChI is InChI=1S/C26H30N2O2/c29-24(27-19-11-5-6-12-19)23-21-15-7-8-16-22(21)25(30)28(20-13-3-1-4-14-20)26(23)17-9-2-10-18-26/h1,3-4,7-8,13-16,19,23H,2,5-6,9-12,17-18H2,(H,27,29). The van der Waals surface area contributed by atoms with Gasteiger partial charge in [0.05, 0.1) is 11.5 Å². The predicted molar refractivity (Wildman–Crippen MR) is 119 cm³/mol. The molecule has 2 aromatic carbocycles. The summed E-state index contributed by atoms with van der Waals surface area (Å²) < 4.78 is 0. The van der Waals surface area contributed by atoms with Crippen LogP contribution in [0.5, 0.6) is 0 Å². The van der Waals surface area contributed by atoms with Gasteiger partial charge in [-0.3, -0.25) is 9.59 Å². The monoisotopic (exact) mass is 402 g/mol. The maximum absolute atomic E-state index is 13.8. The molecule has 1 N–H and O–H groups in total. The number of benzene rings is 2. The Labute approximate surface area is 178 Å². The van der Waals surface area contributed by atoms with E-state index < -0.39 is 5.54 Å². The minimum Gasteiger partial charge on any atom is -0.353 e. The van der Waals surface area contributed by atoms with Crippen LogP contribution in [-0.4, -0.2) is 23.4 Å². The fourth-order valence-electron chi connectivity index (χ4n) is 6.05. The Morgan fingerprint density at radius 1 is 0.867 bits per heavy atom. The summed E-state index contributed by atoms with van der Waals surface area (Å²) in [7, 11) is 0. The molecule has 2 aromatic rings. The first-order valence-corrected chi connectivity index (χ1v) is 11.5. The van der Waals surface area contributed by atoms with E-state index in [1.807, 2.05) is 59.5 Å². The van der Waals surface area contributed by atoms with Gasteiger partial charge in [0, 0.05) is 17.3 Å². The molecule has 1 atom stereocenters. The fourth-order valence-corrected chi connectivity index (χ4v) is 6.05. The van der Waals surface area contributed by atoms with Crippen LogP contribution >= 0.6 is 0 Å². The number of carbonyl (C=O) groups excluding carboxylic acids is 2. The minimum absolute atomic E-state index is 0.0311. The third kappa shape index (κ3) is 3.13. The fraction of sp³-hybridized carbons (Fsp3) is 0.462. The van der Waals surface area contributed by atoms with Gasteiger partial charge in [0.1, 0.15) is 0 Å². The van der Waals surface area contributed by atoms with Gasteiger partial charge in [0.15, 0.2) is 0 Å². The molecule has 1 unspecified atom stereocenters. The third-order valence-electron chi connectivity index (χ3n) is 7.39. The lowest BCUT2D eigenvalue weighted by molar-refractivity contribution is -0.125. The molecular weight excluding hydrogens is 372 g/mol. The third-order valence-corrected chi connectivity index (χ3v) is 7.39. The molecule has 2 fully saturated rings. The Bertz CT molecular complexity index is 927. The van der Waals surface area contributed by atoms with E-state index in [1.54, 1.807) is 0 Å². The van der Waals surface area contributed by atoms with Crippen molar-refractivity contribution in [3.05, 3.63) is 65.7 Å². The Morgan fingerprint density at radius 3 is 2.27 bits per heavy atom. The molecule has 4 nitrogen and oxygen atoms in total. The van der Waals surface area contributed by atoms with Crippen LogP contribution in [0, 0.1) is 0 Å². The van der Waals surface area contributed by atoms with Crippen LogP contribution in [0.1, 0.15) is 79.6 Å². The quantitative estimate of drug-likeness (QED) is 0.768. The van der Waals surface area contributed by atoms with Crippen molar-refractivity contribution < 1.29 is 9.59 Å². The first-order valence-electron chi connectivity index (χ1n) is 11.5. The number of hydrogen-bond donors (Lipinski definition) is 1. The van der Waals surface area contributed by atoms with Crippen LogP contribution in [0.2, 0.25) is 0 Å². The molecule has 4 heteroatoms. The average Bonchev–Trinajstić information content (AvgIpc) is 3.28. The second-order valence-electron chi connectivity index (χ2n) is 9.15. The highest BCUT2D eigenvalue weighted by atomic mass is 16.2. The number of rotatable bonds is 3. The van der Waals surface area contributed by atoms with E-state index in [0.29, 0.717) is 5.56 Å². The van der Waals surface area contributed by atoms with Crippen molar-refractivity contribution in [3.8, 4) is 0 Å². The van der Waals surface area contributed by atoms with Crippen LogP contribution in [0.25, 0.3) is 0 Å². The molecule has 30 heavy (non-hydrogen) atoms. The van der Waals surface area contributed by atoms with Crippen LogP contribution < -0.4 is 10.2 Å². The summed E-state index contributed by atoms with van der Waals surface area (Å²) in [6, 6.07) is 18.0. The molecular formula is C26H30N2O2. The van der Waals surface area contributed by atoms with Crippen molar-refractivity contribution in [2.24, 2.45) is 0 Å². The number of hydrogen-bond acceptors (Lipinski definition) is 2. The summed E-state index contributed by atoms with van der Waals surface area (Å²) in [5.74, 6) is -0.194. The predicted octanol–water partition coefficient (Wildman–Crippen LogP) is 5.19. The number of nitrogens with one attached hydrogen (secondary N) is 1. The van der Waals surface area contributed by atoms with Crippen molar-refractivity contribution in [3.63, 3.8) is 0 Å². The lowest BCUT2D eigenvalue weighted by Gasteiger charge is -2.53. The highest BCUT2D eigenvalue weighted by molar-refractivity contribution is 6.12. The molecule has 1 heterocycles. The molecule has 2 saturated carbocycles. The van der Waals surface area contributed by atoms with Gasteiger partial charge in [-0.05, 0) is 49.4 Å². The van der Waals surface area contributed by atoms with E-state index in [9.17, 15) is 9.59 Å². The SMILES string of the molecule is O=C(NC1CCCC1)C1c2ccccc2C(=O)N(c2ccccc2)C12CCCCC2. The summed E-state index contributed by atoms with van der Waals surface area (Å²) in [5.41, 5.74) is 1.99. The van der Waals surface area contributed by atoms with Gasteiger partial charge in [-0.25, -0.2) is 0 Å².